The molecule has 7 heteroatoms. The van der Waals surface area contributed by atoms with Gasteiger partial charge in [0.25, 0.3) is 0 Å². The van der Waals surface area contributed by atoms with Crippen molar-refractivity contribution < 1.29 is 23.8 Å². The minimum absolute atomic E-state index is 0.0559. The minimum Gasteiger partial charge on any atom is -0.496 e. The quantitative estimate of drug-likeness (QED) is 0.695. The van der Waals surface area contributed by atoms with Crippen molar-refractivity contribution in [3.8, 4) is 17.2 Å². The number of Topliss-reactive ketones (excluding diaryl/α,β-unsaturated/α-hetero) is 1. The average molecular weight is 372 g/mol. The molecule has 2 N–H and O–H groups in total. The number of hydrogen-bond acceptors (Lipinski definition) is 5. The van der Waals surface area contributed by atoms with Crippen LogP contribution in [0, 0.1) is 0 Å². The molecule has 7 nitrogen and oxygen atoms in total. The molecule has 144 valence electrons. The highest BCUT2D eigenvalue weighted by Crippen LogP contribution is 2.34. The van der Waals surface area contributed by atoms with Crippen molar-refractivity contribution in [1.82, 2.24) is 5.32 Å². The van der Waals surface area contributed by atoms with Gasteiger partial charge in [0, 0.05) is 23.9 Å². The molecule has 0 aliphatic rings. The highest BCUT2D eigenvalue weighted by atomic mass is 16.5. The lowest BCUT2D eigenvalue weighted by atomic mass is 10.1. The Kier molecular flexibility index (Phi) is 7.05. The third kappa shape index (κ3) is 5.37. The largest absolute Gasteiger partial charge is 0.496 e. The van der Waals surface area contributed by atoms with Crippen molar-refractivity contribution in [2.24, 2.45) is 0 Å². The van der Waals surface area contributed by atoms with Gasteiger partial charge in [-0.15, -0.1) is 0 Å². The summed E-state index contributed by atoms with van der Waals surface area (Å²) >= 11 is 0. The summed E-state index contributed by atoms with van der Waals surface area (Å²) in [5.74, 6) is 1.77. The number of hydrogen-bond donors (Lipinski definition) is 2. The predicted octanol–water partition coefficient (Wildman–Crippen LogP) is 3.28. The first kappa shape index (κ1) is 20.1. The number of nitrogens with one attached hydrogen (secondary N) is 2. The monoisotopic (exact) mass is 372 g/mol. The molecule has 0 radical (unpaired) electrons. The molecular formula is C20H24N2O5. The first-order valence-corrected chi connectivity index (χ1v) is 8.43. The van der Waals surface area contributed by atoms with E-state index < -0.39 is 0 Å². The molecule has 2 amide bonds. The van der Waals surface area contributed by atoms with Gasteiger partial charge in [-0.25, -0.2) is 4.79 Å². The Bertz CT molecular complexity index is 820. The zero-order chi connectivity index (χ0) is 19.8. The van der Waals surface area contributed by atoms with Crippen LogP contribution in [0.2, 0.25) is 0 Å². The van der Waals surface area contributed by atoms with E-state index >= 15 is 0 Å². The van der Waals surface area contributed by atoms with E-state index in [9.17, 15) is 9.59 Å². The summed E-state index contributed by atoms with van der Waals surface area (Å²) in [6.45, 7) is 1.87. The summed E-state index contributed by atoms with van der Waals surface area (Å²) in [6, 6.07) is 10.0. The summed E-state index contributed by atoms with van der Waals surface area (Å²) in [5, 5.41) is 5.50. The fourth-order valence-corrected chi connectivity index (χ4v) is 2.59. The summed E-state index contributed by atoms with van der Waals surface area (Å²) in [6.07, 6.45) is 0.546. The number of anilines is 1. The predicted molar refractivity (Wildman–Crippen MR) is 103 cm³/mol. The number of carbonyl (C=O) groups is 2. The number of methoxy groups -OCH3 is 3. The van der Waals surface area contributed by atoms with Crippen LogP contribution in [0.1, 0.15) is 22.8 Å². The van der Waals surface area contributed by atoms with Crippen LogP contribution in [0.5, 0.6) is 17.2 Å². The molecule has 27 heavy (non-hydrogen) atoms. The van der Waals surface area contributed by atoms with Gasteiger partial charge in [0.1, 0.15) is 5.75 Å². The molecular weight excluding hydrogens is 348 g/mol. The number of rotatable bonds is 8. The van der Waals surface area contributed by atoms with Crippen molar-refractivity contribution in [3.63, 3.8) is 0 Å². The first-order chi connectivity index (χ1) is 13.0. The highest BCUT2D eigenvalue weighted by Gasteiger charge is 2.12. The van der Waals surface area contributed by atoms with E-state index in [4.69, 9.17) is 14.2 Å². The molecule has 2 rings (SSSR count). The zero-order valence-corrected chi connectivity index (χ0v) is 15.9. The Morgan fingerprint density at radius 2 is 1.59 bits per heavy atom. The van der Waals surface area contributed by atoms with Crippen LogP contribution < -0.4 is 24.8 Å². The topological polar surface area (TPSA) is 85.9 Å². The van der Waals surface area contributed by atoms with Crippen molar-refractivity contribution in [2.75, 3.05) is 33.2 Å². The van der Waals surface area contributed by atoms with Gasteiger partial charge < -0.3 is 24.8 Å². The maximum atomic E-state index is 12.1. The Hall–Kier alpha value is -3.22. The second-order valence-corrected chi connectivity index (χ2v) is 5.79. The normalized spacial score (nSPS) is 10.1. The minimum atomic E-state index is -0.352. The fraction of sp³-hybridized carbons (Fsp3) is 0.300. The van der Waals surface area contributed by atoms with Gasteiger partial charge >= 0.3 is 6.03 Å². The van der Waals surface area contributed by atoms with E-state index in [1.54, 1.807) is 51.7 Å². The summed E-state index contributed by atoms with van der Waals surface area (Å²) < 4.78 is 15.9. The van der Waals surface area contributed by atoms with Crippen LogP contribution in [0.3, 0.4) is 0 Å². The van der Waals surface area contributed by atoms with Gasteiger partial charge in [-0.2, -0.15) is 0 Å². The average Bonchev–Trinajstić information content (AvgIpc) is 2.67. The number of benzene rings is 2. The second-order valence-electron chi connectivity index (χ2n) is 5.79. The second kappa shape index (κ2) is 9.47. The number of carbonyl (C=O) groups excluding carboxylic acids is 2. The number of urea groups is 1. The van der Waals surface area contributed by atoms with Gasteiger partial charge in [0.15, 0.2) is 17.3 Å². The van der Waals surface area contributed by atoms with Gasteiger partial charge in [-0.05, 0) is 37.1 Å². The van der Waals surface area contributed by atoms with Gasteiger partial charge in [-0.1, -0.05) is 12.1 Å². The van der Waals surface area contributed by atoms with Crippen molar-refractivity contribution in [3.05, 3.63) is 47.5 Å². The maximum absolute atomic E-state index is 12.1. The number of ketones is 1. The SMILES string of the molecule is COc1cc(OC)c(OC)cc1CCNC(=O)Nc1cccc(C(C)=O)c1. The molecule has 0 fully saturated rings. The molecule has 0 saturated heterocycles. The van der Waals surface area contributed by atoms with E-state index in [1.165, 1.54) is 6.92 Å². The van der Waals surface area contributed by atoms with E-state index in [0.29, 0.717) is 41.5 Å². The van der Waals surface area contributed by atoms with E-state index in [-0.39, 0.29) is 11.8 Å². The molecule has 0 spiro atoms. The van der Waals surface area contributed by atoms with Crippen molar-refractivity contribution in [1.29, 1.82) is 0 Å². The van der Waals surface area contributed by atoms with Crippen LogP contribution in [0.4, 0.5) is 10.5 Å². The molecule has 0 atom stereocenters. The molecule has 0 bridgehead atoms. The molecule has 0 aliphatic carbocycles. The van der Waals surface area contributed by atoms with Crippen LogP contribution >= 0.6 is 0 Å². The number of ether oxygens (including phenoxy) is 3. The lowest BCUT2D eigenvalue weighted by molar-refractivity contribution is 0.101. The smallest absolute Gasteiger partial charge is 0.319 e. The van der Waals surface area contributed by atoms with Crippen LogP contribution in [0.15, 0.2) is 36.4 Å². The lowest BCUT2D eigenvalue weighted by Gasteiger charge is -2.14. The molecule has 0 saturated carbocycles. The summed E-state index contributed by atoms with van der Waals surface area (Å²) in [7, 11) is 4.70. The van der Waals surface area contributed by atoms with Gasteiger partial charge in [0.2, 0.25) is 0 Å². The van der Waals surface area contributed by atoms with Crippen molar-refractivity contribution in [2.45, 2.75) is 13.3 Å². The van der Waals surface area contributed by atoms with Crippen molar-refractivity contribution >= 4 is 17.5 Å². The Balaban J connectivity index is 1.96. The summed E-state index contributed by atoms with van der Waals surface area (Å²) in [5.41, 5.74) is 1.99. The van der Waals surface area contributed by atoms with Crippen LogP contribution in [-0.4, -0.2) is 39.7 Å². The molecule has 0 unspecified atom stereocenters. The van der Waals surface area contributed by atoms with Crippen LogP contribution in [-0.2, 0) is 6.42 Å². The molecule has 2 aromatic rings. The third-order valence-electron chi connectivity index (χ3n) is 3.99. The highest BCUT2D eigenvalue weighted by molar-refractivity contribution is 5.96. The standard InChI is InChI=1S/C20H24N2O5/c1-13(23)14-6-5-7-16(10-14)22-20(24)21-9-8-15-11-18(26-3)19(27-4)12-17(15)25-2/h5-7,10-12H,8-9H2,1-4H3,(H2,21,22,24). The van der Waals surface area contributed by atoms with E-state index in [1.807, 2.05) is 6.07 Å². The lowest BCUT2D eigenvalue weighted by Crippen LogP contribution is -2.30. The Labute approximate surface area is 158 Å². The zero-order valence-electron chi connectivity index (χ0n) is 15.9. The fourth-order valence-electron chi connectivity index (χ4n) is 2.59. The third-order valence-corrected chi connectivity index (χ3v) is 3.99. The van der Waals surface area contributed by atoms with Gasteiger partial charge in [-0.3, -0.25) is 4.79 Å². The maximum Gasteiger partial charge on any atom is 0.319 e. The Morgan fingerprint density at radius 3 is 2.22 bits per heavy atom. The Morgan fingerprint density at radius 1 is 0.926 bits per heavy atom. The molecule has 0 aliphatic heterocycles. The number of amides is 2. The molecule has 0 heterocycles. The first-order valence-electron chi connectivity index (χ1n) is 8.43. The van der Waals surface area contributed by atoms with E-state index in [0.717, 1.165) is 5.56 Å². The molecule has 0 aromatic heterocycles. The van der Waals surface area contributed by atoms with Gasteiger partial charge in [0.05, 0.1) is 21.3 Å². The van der Waals surface area contributed by atoms with E-state index in [2.05, 4.69) is 10.6 Å². The van der Waals surface area contributed by atoms with Crippen LogP contribution in [0.25, 0.3) is 0 Å². The molecule has 2 aromatic carbocycles. The summed E-state index contributed by atoms with van der Waals surface area (Å²) in [4.78, 5) is 23.5.